The van der Waals surface area contributed by atoms with Crippen molar-refractivity contribution in [1.82, 2.24) is 19.4 Å². The van der Waals surface area contributed by atoms with E-state index in [0.717, 1.165) is 27.7 Å². The Morgan fingerprint density at radius 3 is 2.68 bits per heavy atom. The molecule has 0 bridgehead atoms. The zero-order valence-electron chi connectivity index (χ0n) is 16.2. The van der Waals surface area contributed by atoms with Crippen LogP contribution in [0.4, 0.5) is 8.78 Å². The van der Waals surface area contributed by atoms with Crippen LogP contribution in [0.5, 0.6) is 5.88 Å². The van der Waals surface area contributed by atoms with E-state index in [1.807, 2.05) is 29.8 Å². The number of carbonyl (C=O) groups is 1. The van der Waals surface area contributed by atoms with E-state index in [2.05, 4.69) is 14.7 Å². The lowest BCUT2D eigenvalue weighted by Gasteiger charge is -2.13. The van der Waals surface area contributed by atoms with E-state index in [1.165, 1.54) is 6.07 Å². The van der Waals surface area contributed by atoms with Crippen LogP contribution in [0.25, 0.3) is 10.9 Å². The first kappa shape index (κ1) is 19.7. The van der Waals surface area contributed by atoms with Gasteiger partial charge < -0.3 is 14.2 Å². The number of carbonyl (C=O) groups excluding carboxylic acids is 1. The second kappa shape index (κ2) is 7.92. The van der Waals surface area contributed by atoms with E-state index < -0.39 is 6.61 Å². The first-order valence-electron chi connectivity index (χ1n) is 8.81. The third kappa shape index (κ3) is 4.11. The Balaban J connectivity index is 1.93. The van der Waals surface area contributed by atoms with Crippen LogP contribution in [0.3, 0.4) is 0 Å². The normalized spacial score (nSPS) is 11.2. The summed E-state index contributed by atoms with van der Waals surface area (Å²) >= 11 is 0. The van der Waals surface area contributed by atoms with Gasteiger partial charge in [-0.1, -0.05) is 0 Å². The van der Waals surface area contributed by atoms with Crippen LogP contribution in [0.15, 0.2) is 30.6 Å². The zero-order chi connectivity index (χ0) is 20.4. The molecule has 28 heavy (non-hydrogen) atoms. The van der Waals surface area contributed by atoms with Crippen LogP contribution in [0, 0.1) is 13.8 Å². The van der Waals surface area contributed by atoms with Crippen LogP contribution >= 0.6 is 0 Å². The fraction of sp³-hybridized carbons (Fsp3) is 0.350. The summed E-state index contributed by atoms with van der Waals surface area (Å²) in [5, 5.41) is 0.945. The van der Waals surface area contributed by atoms with E-state index >= 15 is 0 Å². The molecule has 0 atom stereocenters. The molecular formula is C20H22F2N4O2. The Bertz CT molecular complexity index is 992. The number of likely N-dealkylation sites (N-methyl/N-ethyl adjacent to an activating group) is 1. The quantitative estimate of drug-likeness (QED) is 0.650. The Morgan fingerprint density at radius 1 is 1.29 bits per heavy atom. The molecule has 6 nitrogen and oxygen atoms in total. The maximum Gasteiger partial charge on any atom is 0.388 e. The van der Waals surface area contributed by atoms with Gasteiger partial charge in [-0.05, 0) is 37.1 Å². The Morgan fingerprint density at radius 2 is 2.04 bits per heavy atom. The lowest BCUT2D eigenvalue weighted by atomic mass is 10.0. The SMILES string of the molecule is Cc1cc(OC(F)F)nc(C)c1Cc1nccc2c1ccn2CC(=O)N(C)C. The van der Waals surface area contributed by atoms with Gasteiger partial charge in [-0.2, -0.15) is 8.78 Å². The molecule has 0 fully saturated rings. The number of nitrogens with zero attached hydrogens (tertiary/aromatic N) is 4. The van der Waals surface area contributed by atoms with Crippen molar-refractivity contribution in [3.63, 3.8) is 0 Å². The van der Waals surface area contributed by atoms with Gasteiger partial charge in [-0.15, -0.1) is 0 Å². The van der Waals surface area contributed by atoms with Crippen LogP contribution in [0.2, 0.25) is 0 Å². The van der Waals surface area contributed by atoms with Crippen molar-refractivity contribution in [2.45, 2.75) is 33.4 Å². The Kier molecular flexibility index (Phi) is 5.58. The standard InChI is InChI=1S/C20H22F2N4O2/c1-12-9-18(28-20(21)22)24-13(2)15(12)10-16-14-6-8-26(11-19(27)25(3)4)17(14)5-7-23-16/h5-9,20H,10-11H2,1-4H3. The van der Waals surface area contributed by atoms with Gasteiger partial charge in [0.05, 0.1) is 11.2 Å². The average molecular weight is 388 g/mol. The maximum absolute atomic E-state index is 12.4. The van der Waals surface area contributed by atoms with Gasteiger partial charge in [0.1, 0.15) is 6.54 Å². The number of rotatable bonds is 6. The molecule has 148 valence electrons. The van der Waals surface area contributed by atoms with E-state index in [9.17, 15) is 13.6 Å². The Labute approximate surface area is 161 Å². The molecule has 0 saturated carbocycles. The van der Waals surface area contributed by atoms with E-state index in [4.69, 9.17) is 0 Å². The van der Waals surface area contributed by atoms with Crippen LogP contribution in [0.1, 0.15) is 22.5 Å². The number of alkyl halides is 2. The molecule has 3 rings (SSSR count). The van der Waals surface area contributed by atoms with Crippen LogP contribution < -0.4 is 4.74 Å². The molecule has 0 aromatic carbocycles. The van der Waals surface area contributed by atoms with Gasteiger partial charge in [0.25, 0.3) is 0 Å². The lowest BCUT2D eigenvalue weighted by Crippen LogP contribution is -2.25. The van der Waals surface area contributed by atoms with Crippen molar-refractivity contribution >= 4 is 16.8 Å². The highest BCUT2D eigenvalue weighted by Crippen LogP contribution is 2.25. The van der Waals surface area contributed by atoms with Crippen molar-refractivity contribution in [3.8, 4) is 5.88 Å². The van der Waals surface area contributed by atoms with E-state index in [-0.39, 0.29) is 18.3 Å². The third-order valence-corrected chi connectivity index (χ3v) is 4.67. The number of pyridine rings is 2. The van der Waals surface area contributed by atoms with Crippen molar-refractivity contribution in [2.24, 2.45) is 0 Å². The maximum atomic E-state index is 12.4. The molecule has 0 aliphatic rings. The fourth-order valence-electron chi connectivity index (χ4n) is 3.16. The van der Waals surface area contributed by atoms with Gasteiger partial charge in [-0.3, -0.25) is 9.78 Å². The number of fused-ring (bicyclic) bond motifs is 1. The van der Waals surface area contributed by atoms with Crippen LogP contribution in [-0.4, -0.2) is 46.0 Å². The molecule has 0 N–H and O–H groups in total. The molecular weight excluding hydrogens is 366 g/mol. The zero-order valence-corrected chi connectivity index (χ0v) is 16.2. The largest absolute Gasteiger partial charge is 0.417 e. The van der Waals surface area contributed by atoms with E-state index in [0.29, 0.717) is 12.1 Å². The average Bonchev–Trinajstić information content (AvgIpc) is 3.01. The van der Waals surface area contributed by atoms with Crippen molar-refractivity contribution < 1.29 is 18.3 Å². The predicted molar refractivity (Wildman–Crippen MR) is 102 cm³/mol. The lowest BCUT2D eigenvalue weighted by molar-refractivity contribution is -0.129. The first-order valence-corrected chi connectivity index (χ1v) is 8.81. The molecule has 0 aliphatic carbocycles. The molecule has 0 saturated heterocycles. The van der Waals surface area contributed by atoms with Crippen LogP contribution in [-0.2, 0) is 17.8 Å². The minimum atomic E-state index is -2.91. The van der Waals surface area contributed by atoms with Crippen molar-refractivity contribution in [1.29, 1.82) is 0 Å². The van der Waals surface area contributed by atoms with E-state index in [1.54, 1.807) is 32.1 Å². The van der Waals surface area contributed by atoms with Gasteiger partial charge in [0.2, 0.25) is 11.8 Å². The number of hydrogen-bond acceptors (Lipinski definition) is 4. The minimum absolute atomic E-state index is 0.00127. The van der Waals surface area contributed by atoms with Gasteiger partial charge >= 0.3 is 6.61 Å². The molecule has 0 spiro atoms. The summed E-state index contributed by atoms with van der Waals surface area (Å²) in [5.74, 6) is -0.0883. The monoisotopic (exact) mass is 388 g/mol. The molecule has 3 aromatic rings. The molecule has 0 aliphatic heterocycles. The minimum Gasteiger partial charge on any atom is -0.417 e. The summed E-state index contributed by atoms with van der Waals surface area (Å²) < 4.78 is 31.2. The smallest absolute Gasteiger partial charge is 0.388 e. The summed E-state index contributed by atoms with van der Waals surface area (Å²) in [5.41, 5.74) is 4.10. The molecule has 3 heterocycles. The van der Waals surface area contributed by atoms with Crippen molar-refractivity contribution in [3.05, 3.63) is 53.1 Å². The topological polar surface area (TPSA) is 60.3 Å². The summed E-state index contributed by atoms with van der Waals surface area (Å²) in [6.45, 7) is 0.946. The van der Waals surface area contributed by atoms with Crippen molar-refractivity contribution in [2.75, 3.05) is 14.1 Å². The number of aromatic nitrogens is 3. The van der Waals surface area contributed by atoms with Gasteiger partial charge in [-0.25, -0.2) is 4.98 Å². The predicted octanol–water partition coefficient (Wildman–Crippen LogP) is 3.33. The molecule has 0 radical (unpaired) electrons. The highest BCUT2D eigenvalue weighted by Gasteiger charge is 2.15. The molecule has 1 amide bonds. The molecule has 8 heteroatoms. The number of aryl methyl sites for hydroxylation is 2. The van der Waals surface area contributed by atoms with Gasteiger partial charge in [0, 0.05) is 50.1 Å². The molecule has 0 unspecified atom stereocenters. The number of halogens is 2. The fourth-order valence-corrected chi connectivity index (χ4v) is 3.16. The highest BCUT2D eigenvalue weighted by atomic mass is 19.3. The number of hydrogen-bond donors (Lipinski definition) is 0. The number of amides is 1. The number of ether oxygens (including phenoxy) is 1. The summed E-state index contributed by atoms with van der Waals surface area (Å²) in [7, 11) is 3.45. The summed E-state index contributed by atoms with van der Waals surface area (Å²) in [4.78, 5) is 22.2. The second-order valence-electron chi connectivity index (χ2n) is 6.82. The highest BCUT2D eigenvalue weighted by molar-refractivity contribution is 5.85. The summed E-state index contributed by atoms with van der Waals surface area (Å²) in [6, 6.07) is 5.32. The first-order chi connectivity index (χ1) is 13.3. The second-order valence-corrected chi connectivity index (χ2v) is 6.82. The molecule has 3 aromatic heterocycles. The summed E-state index contributed by atoms with van der Waals surface area (Å²) in [6.07, 6.45) is 4.08. The third-order valence-electron chi connectivity index (χ3n) is 4.67. The van der Waals surface area contributed by atoms with Gasteiger partial charge in [0.15, 0.2) is 0 Å². The Hall–Kier alpha value is -3.03.